The maximum absolute atomic E-state index is 13.6. The first-order chi connectivity index (χ1) is 8.52. The van der Waals surface area contributed by atoms with Gasteiger partial charge in [-0.05, 0) is 0 Å². The lowest BCUT2D eigenvalue weighted by molar-refractivity contribution is -0.407. The Hall–Kier alpha value is -0.810. The van der Waals surface area contributed by atoms with Crippen LogP contribution in [0.1, 0.15) is 6.92 Å². The molecule has 0 bridgehead atoms. The van der Waals surface area contributed by atoms with Crippen molar-refractivity contribution < 1.29 is 53.0 Å². The Bertz CT molecular complexity index is 398. The summed E-state index contributed by atoms with van der Waals surface area (Å²) in [6, 6.07) is 0. The number of hydrogen-bond acceptors (Lipinski definition) is 1. The van der Waals surface area contributed by atoms with Crippen molar-refractivity contribution in [1.82, 2.24) is 0 Å². The smallest absolute Gasteiger partial charge is 0.288 e. The number of rotatable bonds is 2. The van der Waals surface area contributed by atoms with Crippen molar-refractivity contribution in [2.45, 2.75) is 42.3 Å². The minimum atomic E-state index is -6.79. The average molecular weight is 326 g/mol. The molecule has 1 fully saturated rings. The largest absolute Gasteiger partial charge is 0.455 e. The molecule has 0 aromatic carbocycles. The van der Waals surface area contributed by atoms with Crippen LogP contribution < -0.4 is 0 Å². The number of ether oxygens (including phenoxy) is 1. The van der Waals surface area contributed by atoms with Gasteiger partial charge in [0.05, 0.1) is 0 Å². The Morgan fingerprint density at radius 2 is 1.25 bits per heavy atom. The maximum Gasteiger partial charge on any atom is 0.455 e. The van der Waals surface area contributed by atoms with Crippen LogP contribution in [0.15, 0.2) is 0 Å². The van der Waals surface area contributed by atoms with E-state index in [1.54, 1.807) is 0 Å². The second kappa shape index (κ2) is 3.89. The molecule has 3 unspecified atom stereocenters. The van der Waals surface area contributed by atoms with E-state index in [2.05, 4.69) is 4.74 Å². The highest BCUT2D eigenvalue weighted by molar-refractivity contribution is 5.21. The van der Waals surface area contributed by atoms with E-state index in [-0.39, 0.29) is 0 Å². The molecular weight excluding hydrogens is 321 g/mol. The van der Waals surface area contributed by atoms with E-state index in [9.17, 15) is 48.3 Å². The zero-order valence-electron chi connectivity index (χ0n) is 9.27. The number of halogens is 11. The first-order valence-corrected chi connectivity index (χ1v) is 4.67. The number of hydrogen-bond donors (Lipinski definition) is 0. The third-order valence-corrected chi connectivity index (χ3v) is 2.81. The van der Waals surface area contributed by atoms with Gasteiger partial charge in [0.15, 0.2) is 0 Å². The number of alkyl halides is 11. The molecule has 0 N–H and O–H groups in total. The van der Waals surface area contributed by atoms with Crippen molar-refractivity contribution in [2.24, 2.45) is 0 Å². The summed E-state index contributed by atoms with van der Waals surface area (Å²) in [4.78, 5) is 0. The Kier molecular flexibility index (Phi) is 3.35. The van der Waals surface area contributed by atoms with E-state index in [1.165, 1.54) is 0 Å². The lowest BCUT2D eigenvalue weighted by Gasteiger charge is -2.34. The summed E-state index contributed by atoms with van der Waals surface area (Å²) in [5.41, 5.74) is -5.87. The van der Waals surface area contributed by atoms with Gasteiger partial charge in [-0.25, -0.2) is 22.0 Å². The van der Waals surface area contributed by atoms with Gasteiger partial charge in [0.2, 0.25) is 0 Å². The molecule has 1 saturated heterocycles. The van der Waals surface area contributed by atoms with Crippen LogP contribution in [0.25, 0.3) is 0 Å². The van der Waals surface area contributed by atoms with Crippen LogP contribution in [0.4, 0.5) is 48.3 Å². The van der Waals surface area contributed by atoms with Crippen molar-refractivity contribution in [1.29, 1.82) is 0 Å². The van der Waals surface area contributed by atoms with E-state index in [1.807, 2.05) is 0 Å². The fourth-order valence-electron chi connectivity index (χ4n) is 1.64. The molecule has 0 aliphatic carbocycles. The summed E-state index contributed by atoms with van der Waals surface area (Å²) in [6.07, 6.45) is -6.79. The molecule has 120 valence electrons. The van der Waals surface area contributed by atoms with Gasteiger partial charge in [-0.3, -0.25) is 4.74 Å². The molecule has 1 nitrogen and oxygen atoms in total. The maximum atomic E-state index is 13.6. The van der Waals surface area contributed by atoms with Crippen LogP contribution >= 0.6 is 0 Å². The normalized spacial score (nSPS) is 42.0. The molecular formula is C8H5F11O. The molecule has 0 amide bonds. The zero-order chi connectivity index (χ0) is 16.4. The van der Waals surface area contributed by atoms with E-state index in [0.29, 0.717) is 0 Å². The molecule has 3 atom stereocenters. The van der Waals surface area contributed by atoms with Crippen molar-refractivity contribution >= 4 is 0 Å². The van der Waals surface area contributed by atoms with Gasteiger partial charge in [-0.1, -0.05) is 0 Å². The van der Waals surface area contributed by atoms with Crippen molar-refractivity contribution in [3.8, 4) is 0 Å². The summed E-state index contributed by atoms with van der Waals surface area (Å²) >= 11 is 0. The summed E-state index contributed by atoms with van der Waals surface area (Å²) in [7, 11) is 0. The van der Waals surface area contributed by atoms with Crippen LogP contribution in [0.3, 0.4) is 0 Å². The third kappa shape index (κ3) is 1.59. The van der Waals surface area contributed by atoms with Gasteiger partial charge < -0.3 is 0 Å². The Morgan fingerprint density at radius 3 is 1.45 bits per heavy atom. The minimum Gasteiger partial charge on any atom is -0.288 e. The minimum absolute atomic E-state index is 0.658. The molecule has 0 spiro atoms. The van der Waals surface area contributed by atoms with Gasteiger partial charge in [-0.15, -0.1) is 0 Å². The highest BCUT2D eigenvalue weighted by atomic mass is 19.4. The fourth-order valence-corrected chi connectivity index (χ4v) is 1.64. The standard InChI is InChI=1S/C8H5F11O/c1-3(10,11)6(15)4(12,2-9)5(13,14)7(16,20-6)8(17,18)19/h2H2,1H3. The van der Waals surface area contributed by atoms with E-state index in [4.69, 9.17) is 0 Å². The zero-order valence-corrected chi connectivity index (χ0v) is 9.27. The van der Waals surface area contributed by atoms with Crippen molar-refractivity contribution in [3.63, 3.8) is 0 Å². The fraction of sp³-hybridized carbons (Fsp3) is 1.00. The van der Waals surface area contributed by atoms with Gasteiger partial charge in [0.1, 0.15) is 6.67 Å². The Morgan fingerprint density at radius 1 is 0.850 bits per heavy atom. The van der Waals surface area contributed by atoms with Crippen molar-refractivity contribution in [3.05, 3.63) is 0 Å². The van der Waals surface area contributed by atoms with E-state index in [0.717, 1.165) is 0 Å². The molecule has 12 heteroatoms. The summed E-state index contributed by atoms with van der Waals surface area (Å²) in [5, 5.41) is 0. The highest BCUT2D eigenvalue weighted by Crippen LogP contribution is 2.66. The van der Waals surface area contributed by atoms with Gasteiger partial charge >= 0.3 is 29.7 Å². The van der Waals surface area contributed by atoms with Gasteiger partial charge in [0, 0.05) is 6.92 Å². The summed E-state index contributed by atoms with van der Waals surface area (Å²) in [6.45, 7) is -4.03. The third-order valence-electron chi connectivity index (χ3n) is 2.81. The first-order valence-electron chi connectivity index (χ1n) is 4.67. The van der Waals surface area contributed by atoms with Crippen LogP contribution in [0.5, 0.6) is 0 Å². The molecule has 20 heavy (non-hydrogen) atoms. The SMILES string of the molecule is CC(F)(F)C1(F)OC(F)(C(F)(F)F)C(F)(F)C1(F)CF. The van der Waals surface area contributed by atoms with Gasteiger partial charge in [0.25, 0.3) is 5.67 Å². The van der Waals surface area contributed by atoms with Crippen LogP contribution in [0.2, 0.25) is 0 Å². The van der Waals surface area contributed by atoms with E-state index >= 15 is 0 Å². The molecule has 0 aromatic rings. The Labute approximate surface area is 103 Å². The van der Waals surface area contributed by atoms with Crippen LogP contribution in [0, 0.1) is 0 Å². The molecule has 0 saturated carbocycles. The predicted octanol–water partition coefficient (Wildman–Crippen LogP) is 3.88. The summed E-state index contributed by atoms with van der Waals surface area (Å²) < 4.78 is 143. The molecule has 1 aliphatic heterocycles. The summed E-state index contributed by atoms with van der Waals surface area (Å²) in [5.74, 6) is -24.3. The molecule has 0 radical (unpaired) electrons. The quantitative estimate of drug-likeness (QED) is 0.700. The van der Waals surface area contributed by atoms with Crippen molar-refractivity contribution in [2.75, 3.05) is 6.67 Å². The van der Waals surface area contributed by atoms with E-state index < -0.39 is 49.0 Å². The van der Waals surface area contributed by atoms with Crippen LogP contribution in [-0.4, -0.2) is 42.1 Å². The van der Waals surface area contributed by atoms with Crippen LogP contribution in [-0.2, 0) is 4.74 Å². The molecule has 1 rings (SSSR count). The predicted molar refractivity (Wildman–Crippen MR) is 40.2 cm³/mol. The lowest BCUT2D eigenvalue weighted by Crippen LogP contribution is -2.64. The van der Waals surface area contributed by atoms with Gasteiger partial charge in [-0.2, -0.15) is 26.3 Å². The lowest BCUT2D eigenvalue weighted by atomic mass is 9.87. The molecule has 0 aromatic heterocycles. The average Bonchev–Trinajstić information content (AvgIpc) is 2.35. The molecule has 1 heterocycles. The second-order valence-electron chi connectivity index (χ2n) is 4.19. The topological polar surface area (TPSA) is 9.23 Å². The first kappa shape index (κ1) is 17.2. The highest BCUT2D eigenvalue weighted by Gasteiger charge is 2.96. The monoisotopic (exact) mass is 326 g/mol. The second-order valence-corrected chi connectivity index (χ2v) is 4.19. The molecule has 1 aliphatic rings. The Balaban J connectivity index is 3.65.